The molecule has 0 bridgehead atoms. The number of aromatic nitrogens is 3. The molecule has 0 fully saturated rings. The van der Waals surface area contributed by atoms with Gasteiger partial charge in [-0.25, -0.2) is 4.98 Å². The van der Waals surface area contributed by atoms with Gasteiger partial charge in [0, 0.05) is 23.4 Å². The number of anilines is 1. The molecule has 0 radical (unpaired) electrons. The minimum Gasteiger partial charge on any atom is -0.384 e. The molecule has 6 heteroatoms. The van der Waals surface area contributed by atoms with E-state index in [0.717, 1.165) is 27.4 Å². The van der Waals surface area contributed by atoms with E-state index in [4.69, 9.17) is 5.73 Å². The smallest absolute Gasteiger partial charge is 0.123 e. The number of hydrogen-bond acceptors (Lipinski definition) is 4. The van der Waals surface area contributed by atoms with E-state index in [2.05, 4.69) is 32.9 Å². The van der Waals surface area contributed by atoms with Crippen LogP contribution in [0.5, 0.6) is 0 Å². The summed E-state index contributed by atoms with van der Waals surface area (Å²) in [5.74, 6) is 1.41. The number of nitrogens with zero attached hydrogens (tertiary/aromatic N) is 3. The van der Waals surface area contributed by atoms with Crippen LogP contribution < -0.4 is 5.73 Å². The average molecular weight is 327 g/mol. The fraction of sp³-hybridized carbons (Fsp3) is 0.333. The van der Waals surface area contributed by atoms with Crippen LogP contribution in [-0.2, 0) is 12.3 Å². The van der Waals surface area contributed by atoms with Crippen molar-refractivity contribution in [2.75, 3.05) is 5.73 Å². The van der Waals surface area contributed by atoms with Gasteiger partial charge in [0.25, 0.3) is 0 Å². The Morgan fingerprint density at radius 1 is 1.44 bits per heavy atom. The van der Waals surface area contributed by atoms with Crippen LogP contribution in [-0.4, -0.2) is 14.8 Å². The molecular formula is C12H15BrN4S. The second kappa shape index (κ2) is 5.75. The maximum absolute atomic E-state index is 5.57. The Morgan fingerprint density at radius 2 is 2.22 bits per heavy atom. The van der Waals surface area contributed by atoms with Crippen molar-refractivity contribution in [3.05, 3.63) is 34.2 Å². The zero-order valence-corrected chi connectivity index (χ0v) is 12.8. The summed E-state index contributed by atoms with van der Waals surface area (Å²) in [6, 6.07) is 3.81. The van der Waals surface area contributed by atoms with Crippen molar-refractivity contribution in [2.24, 2.45) is 0 Å². The van der Waals surface area contributed by atoms with E-state index in [1.807, 2.05) is 23.7 Å². The predicted molar refractivity (Wildman–Crippen MR) is 78.5 cm³/mol. The Labute approximate surface area is 119 Å². The van der Waals surface area contributed by atoms with Crippen molar-refractivity contribution in [3.8, 4) is 0 Å². The maximum atomic E-state index is 5.57. The molecule has 0 spiro atoms. The topological polar surface area (TPSA) is 56.7 Å². The van der Waals surface area contributed by atoms with E-state index in [1.165, 1.54) is 5.69 Å². The van der Waals surface area contributed by atoms with Gasteiger partial charge in [0.05, 0.1) is 15.9 Å². The highest BCUT2D eigenvalue weighted by molar-refractivity contribution is 9.10. The molecule has 0 aromatic carbocycles. The van der Waals surface area contributed by atoms with Crippen molar-refractivity contribution in [3.63, 3.8) is 0 Å². The van der Waals surface area contributed by atoms with Gasteiger partial charge in [-0.05, 0) is 41.9 Å². The summed E-state index contributed by atoms with van der Waals surface area (Å²) in [5.41, 5.74) is 7.80. The Hall–Kier alpha value is -1.01. The van der Waals surface area contributed by atoms with Crippen molar-refractivity contribution in [1.29, 1.82) is 0 Å². The summed E-state index contributed by atoms with van der Waals surface area (Å²) in [7, 11) is 0. The highest BCUT2D eigenvalue weighted by Crippen LogP contribution is 2.28. The van der Waals surface area contributed by atoms with Crippen molar-refractivity contribution in [1.82, 2.24) is 14.8 Å². The van der Waals surface area contributed by atoms with Gasteiger partial charge in [-0.2, -0.15) is 5.10 Å². The third-order valence-electron chi connectivity index (χ3n) is 2.59. The summed E-state index contributed by atoms with van der Waals surface area (Å²) >= 11 is 5.33. The SMILES string of the molecule is CCn1nc(C)c(Br)c1CSc1ccc(N)nc1. The molecule has 4 nitrogen and oxygen atoms in total. The Morgan fingerprint density at radius 3 is 2.83 bits per heavy atom. The van der Waals surface area contributed by atoms with E-state index < -0.39 is 0 Å². The molecule has 2 aromatic rings. The molecule has 0 unspecified atom stereocenters. The zero-order valence-electron chi connectivity index (χ0n) is 10.4. The third kappa shape index (κ3) is 2.87. The minimum atomic E-state index is 0.551. The first-order valence-electron chi connectivity index (χ1n) is 5.68. The molecule has 2 aromatic heterocycles. The average Bonchev–Trinajstić information content (AvgIpc) is 2.65. The monoisotopic (exact) mass is 326 g/mol. The molecule has 0 saturated heterocycles. The number of nitrogens with two attached hydrogens (primary N) is 1. The highest BCUT2D eigenvalue weighted by Gasteiger charge is 2.12. The normalized spacial score (nSPS) is 10.8. The van der Waals surface area contributed by atoms with E-state index in [0.29, 0.717) is 5.82 Å². The van der Waals surface area contributed by atoms with E-state index >= 15 is 0 Å². The molecule has 2 heterocycles. The number of rotatable bonds is 4. The van der Waals surface area contributed by atoms with Crippen molar-refractivity contribution in [2.45, 2.75) is 31.0 Å². The molecule has 2 rings (SSSR count). The first kappa shape index (κ1) is 13.4. The van der Waals surface area contributed by atoms with Gasteiger partial charge in [-0.3, -0.25) is 4.68 Å². The molecule has 0 aliphatic heterocycles. The van der Waals surface area contributed by atoms with E-state index in [9.17, 15) is 0 Å². The quantitative estimate of drug-likeness (QED) is 0.876. The minimum absolute atomic E-state index is 0.551. The van der Waals surface area contributed by atoms with Crippen LogP contribution in [0, 0.1) is 6.92 Å². The van der Waals surface area contributed by atoms with E-state index in [-0.39, 0.29) is 0 Å². The third-order valence-corrected chi connectivity index (χ3v) is 4.61. The number of hydrogen-bond donors (Lipinski definition) is 1. The maximum Gasteiger partial charge on any atom is 0.123 e. The Bertz CT molecular complexity index is 536. The fourth-order valence-corrected chi connectivity index (χ4v) is 3.13. The summed E-state index contributed by atoms with van der Waals surface area (Å²) < 4.78 is 3.12. The zero-order chi connectivity index (χ0) is 13.1. The fourth-order valence-electron chi connectivity index (χ4n) is 1.64. The van der Waals surface area contributed by atoms with Crippen molar-refractivity contribution < 1.29 is 0 Å². The lowest BCUT2D eigenvalue weighted by Gasteiger charge is -2.05. The number of aryl methyl sites for hydroxylation is 2. The largest absolute Gasteiger partial charge is 0.384 e. The van der Waals surface area contributed by atoms with Gasteiger partial charge in [0.1, 0.15) is 5.82 Å². The van der Waals surface area contributed by atoms with Gasteiger partial charge in [-0.15, -0.1) is 11.8 Å². The Balaban J connectivity index is 2.12. The molecule has 0 atom stereocenters. The van der Waals surface area contributed by atoms with Gasteiger partial charge in [-0.1, -0.05) is 0 Å². The first-order chi connectivity index (χ1) is 8.61. The van der Waals surface area contributed by atoms with Crippen LogP contribution in [0.1, 0.15) is 18.3 Å². The van der Waals surface area contributed by atoms with Gasteiger partial charge >= 0.3 is 0 Å². The highest BCUT2D eigenvalue weighted by atomic mass is 79.9. The first-order valence-corrected chi connectivity index (χ1v) is 7.45. The molecule has 96 valence electrons. The van der Waals surface area contributed by atoms with E-state index in [1.54, 1.807) is 18.0 Å². The molecule has 0 amide bonds. The molecule has 0 saturated carbocycles. The van der Waals surface area contributed by atoms with Crippen LogP contribution in [0.25, 0.3) is 0 Å². The summed E-state index contributed by atoms with van der Waals surface area (Å²) in [4.78, 5) is 5.19. The van der Waals surface area contributed by atoms with Gasteiger partial charge in [0.15, 0.2) is 0 Å². The summed E-state index contributed by atoms with van der Waals surface area (Å²) in [6.45, 7) is 4.98. The number of thioether (sulfide) groups is 1. The number of pyridine rings is 1. The second-order valence-electron chi connectivity index (χ2n) is 3.87. The molecule has 0 aliphatic rings. The lowest BCUT2D eigenvalue weighted by Crippen LogP contribution is -2.01. The predicted octanol–water partition coefficient (Wildman–Crippen LogP) is 3.24. The Kier molecular flexibility index (Phi) is 4.29. The molecule has 2 N–H and O–H groups in total. The molecule has 0 aliphatic carbocycles. The van der Waals surface area contributed by atoms with Gasteiger partial charge in [0.2, 0.25) is 0 Å². The van der Waals surface area contributed by atoms with Gasteiger partial charge < -0.3 is 5.73 Å². The number of halogens is 1. The van der Waals surface area contributed by atoms with Crippen LogP contribution >= 0.6 is 27.7 Å². The van der Waals surface area contributed by atoms with Crippen LogP contribution in [0.2, 0.25) is 0 Å². The molecule has 18 heavy (non-hydrogen) atoms. The van der Waals surface area contributed by atoms with Crippen LogP contribution in [0.4, 0.5) is 5.82 Å². The molecular weight excluding hydrogens is 312 g/mol. The van der Waals surface area contributed by atoms with Crippen molar-refractivity contribution >= 4 is 33.5 Å². The summed E-state index contributed by atoms with van der Waals surface area (Å²) in [6.07, 6.45) is 1.80. The second-order valence-corrected chi connectivity index (χ2v) is 5.71. The number of nitrogen functional groups attached to an aromatic ring is 1. The summed E-state index contributed by atoms with van der Waals surface area (Å²) in [5, 5.41) is 4.48. The lowest BCUT2D eigenvalue weighted by molar-refractivity contribution is 0.631. The van der Waals surface area contributed by atoms with Crippen LogP contribution in [0.3, 0.4) is 0 Å². The standard InChI is InChI=1S/C12H15BrN4S/c1-3-17-10(12(13)8(2)16-17)7-18-9-4-5-11(14)15-6-9/h4-6H,3,7H2,1-2H3,(H2,14,15). The lowest BCUT2D eigenvalue weighted by atomic mass is 10.4. The van der Waals surface area contributed by atoms with Crippen LogP contribution in [0.15, 0.2) is 27.7 Å².